The summed E-state index contributed by atoms with van der Waals surface area (Å²) >= 11 is 0. The van der Waals surface area contributed by atoms with Crippen LogP contribution in [0.15, 0.2) is 48.7 Å². The van der Waals surface area contributed by atoms with E-state index in [0.29, 0.717) is 6.54 Å². The minimum Gasteiger partial charge on any atom is -0.497 e. The highest BCUT2D eigenvalue weighted by molar-refractivity contribution is 5.78. The Morgan fingerprint density at radius 1 is 1.12 bits per heavy atom. The van der Waals surface area contributed by atoms with E-state index < -0.39 is 0 Å². The molecular weight excluding hydrogens is 416 g/mol. The molecule has 0 radical (unpaired) electrons. The number of fused-ring (bicyclic) bond motifs is 1. The topological polar surface area (TPSA) is 79.1 Å². The smallest absolute Gasteiger partial charge is 0.317 e. The Labute approximate surface area is 194 Å². The number of ether oxygens (including phenoxy) is 1. The molecule has 33 heavy (non-hydrogen) atoms. The van der Waals surface area contributed by atoms with Crippen molar-refractivity contribution in [2.75, 3.05) is 20.2 Å². The second-order valence-corrected chi connectivity index (χ2v) is 9.25. The molecule has 2 amide bonds. The molecule has 2 N–H and O–H groups in total. The zero-order chi connectivity index (χ0) is 22.8. The number of imidazole rings is 1. The van der Waals surface area contributed by atoms with Crippen molar-refractivity contribution in [3.05, 3.63) is 54.5 Å². The average Bonchev–Trinajstić information content (AvgIpc) is 3.25. The van der Waals surface area contributed by atoms with Crippen molar-refractivity contribution < 1.29 is 14.6 Å². The maximum atomic E-state index is 13.0. The van der Waals surface area contributed by atoms with Gasteiger partial charge in [-0.25, -0.2) is 9.78 Å². The molecule has 3 heterocycles. The van der Waals surface area contributed by atoms with Crippen molar-refractivity contribution in [1.29, 1.82) is 0 Å². The van der Waals surface area contributed by atoms with Crippen LogP contribution in [0.1, 0.15) is 50.3 Å². The number of pyridine rings is 1. The van der Waals surface area contributed by atoms with E-state index in [2.05, 4.69) is 28.0 Å². The molecule has 1 unspecified atom stereocenters. The minimum atomic E-state index is -0.218. The van der Waals surface area contributed by atoms with Crippen LogP contribution in [0.4, 0.5) is 4.79 Å². The van der Waals surface area contributed by atoms with Gasteiger partial charge in [0.1, 0.15) is 11.6 Å². The third-order valence-corrected chi connectivity index (χ3v) is 7.02. The van der Waals surface area contributed by atoms with Crippen LogP contribution < -0.4 is 10.1 Å². The summed E-state index contributed by atoms with van der Waals surface area (Å²) in [6, 6.07) is 14.3. The third kappa shape index (κ3) is 4.55. The van der Waals surface area contributed by atoms with E-state index in [0.717, 1.165) is 73.4 Å². The molecule has 1 aliphatic carbocycles. The number of methoxy groups -OCH3 is 1. The van der Waals surface area contributed by atoms with Gasteiger partial charge in [0.2, 0.25) is 0 Å². The number of rotatable bonds is 4. The van der Waals surface area contributed by atoms with Gasteiger partial charge < -0.3 is 24.5 Å². The summed E-state index contributed by atoms with van der Waals surface area (Å²) < 4.78 is 7.59. The van der Waals surface area contributed by atoms with E-state index in [4.69, 9.17) is 9.72 Å². The molecule has 1 saturated heterocycles. The van der Waals surface area contributed by atoms with Gasteiger partial charge >= 0.3 is 6.03 Å². The standard InChI is InChI=1S/C26H32N4O3/c1-33-22-8-4-6-18(16-22)24-23-9-2-3-15-30(23)25(28-24)19-7-5-14-29(17-19)26(32)27-20-10-12-21(31)13-11-20/h2-4,6,8-9,15-16,19-21,31H,5,7,10-14,17H2,1H3,(H,27,32). The quantitative estimate of drug-likeness (QED) is 0.627. The molecule has 1 saturated carbocycles. The minimum absolute atomic E-state index is 0.00923. The number of hydrogen-bond acceptors (Lipinski definition) is 4. The lowest BCUT2D eigenvalue weighted by molar-refractivity contribution is 0.114. The van der Waals surface area contributed by atoms with Gasteiger partial charge in [0, 0.05) is 36.8 Å². The first-order valence-corrected chi connectivity index (χ1v) is 12.0. The predicted molar refractivity (Wildman–Crippen MR) is 128 cm³/mol. The largest absolute Gasteiger partial charge is 0.497 e. The molecule has 7 nitrogen and oxygen atoms in total. The summed E-state index contributed by atoms with van der Waals surface area (Å²) in [5, 5.41) is 12.9. The number of likely N-dealkylation sites (tertiary alicyclic amines) is 1. The number of carbonyl (C=O) groups is 1. The highest BCUT2D eigenvalue weighted by Crippen LogP contribution is 2.33. The predicted octanol–water partition coefficient (Wildman–Crippen LogP) is 4.20. The summed E-state index contributed by atoms with van der Waals surface area (Å²) in [4.78, 5) is 20.0. The van der Waals surface area contributed by atoms with E-state index >= 15 is 0 Å². The fraction of sp³-hybridized carbons (Fsp3) is 0.462. The molecular formula is C26H32N4O3. The molecule has 7 heteroatoms. The zero-order valence-electron chi connectivity index (χ0n) is 19.1. The van der Waals surface area contributed by atoms with Crippen LogP contribution in [-0.2, 0) is 0 Å². The molecule has 1 aromatic carbocycles. The van der Waals surface area contributed by atoms with E-state index in [1.165, 1.54) is 0 Å². The summed E-state index contributed by atoms with van der Waals surface area (Å²) in [7, 11) is 1.67. The van der Waals surface area contributed by atoms with Crippen LogP contribution in [0.25, 0.3) is 16.8 Å². The summed E-state index contributed by atoms with van der Waals surface area (Å²) in [6.45, 7) is 1.43. The molecule has 1 aliphatic heterocycles. The van der Waals surface area contributed by atoms with Crippen LogP contribution >= 0.6 is 0 Å². The second-order valence-electron chi connectivity index (χ2n) is 9.25. The van der Waals surface area contributed by atoms with Crippen LogP contribution in [0.5, 0.6) is 5.75 Å². The van der Waals surface area contributed by atoms with E-state index in [1.54, 1.807) is 7.11 Å². The molecule has 2 aromatic heterocycles. The Balaban J connectivity index is 1.38. The van der Waals surface area contributed by atoms with E-state index in [-0.39, 0.29) is 24.1 Å². The molecule has 0 bridgehead atoms. The van der Waals surface area contributed by atoms with Crippen LogP contribution in [0.2, 0.25) is 0 Å². The number of aliphatic hydroxyl groups is 1. The van der Waals surface area contributed by atoms with Gasteiger partial charge in [-0.3, -0.25) is 0 Å². The molecule has 5 rings (SSSR count). The molecule has 0 spiro atoms. The maximum absolute atomic E-state index is 13.0. The number of nitrogens with zero attached hydrogens (tertiary/aromatic N) is 3. The molecule has 2 aliphatic rings. The van der Waals surface area contributed by atoms with Gasteiger partial charge in [0.15, 0.2) is 0 Å². The fourth-order valence-electron chi connectivity index (χ4n) is 5.19. The van der Waals surface area contributed by atoms with E-state index in [9.17, 15) is 9.90 Å². The lowest BCUT2D eigenvalue weighted by Gasteiger charge is -2.34. The Morgan fingerprint density at radius 2 is 1.97 bits per heavy atom. The number of carbonyl (C=O) groups excluding carboxylic acids is 1. The van der Waals surface area contributed by atoms with Crippen molar-refractivity contribution in [3.63, 3.8) is 0 Å². The molecule has 3 aromatic rings. The number of benzene rings is 1. The normalized spacial score (nSPS) is 23.5. The summed E-state index contributed by atoms with van der Waals surface area (Å²) in [6.07, 6.45) is 7.03. The average molecular weight is 449 g/mol. The number of piperidine rings is 1. The third-order valence-electron chi connectivity index (χ3n) is 7.02. The fourth-order valence-corrected chi connectivity index (χ4v) is 5.19. The van der Waals surface area contributed by atoms with Crippen LogP contribution in [0.3, 0.4) is 0 Å². The number of urea groups is 1. The van der Waals surface area contributed by atoms with Gasteiger partial charge in [-0.15, -0.1) is 0 Å². The zero-order valence-corrected chi connectivity index (χ0v) is 19.1. The highest BCUT2D eigenvalue weighted by atomic mass is 16.5. The lowest BCUT2D eigenvalue weighted by Crippen LogP contribution is -2.49. The molecule has 174 valence electrons. The number of hydrogen-bond donors (Lipinski definition) is 2. The first-order valence-electron chi connectivity index (χ1n) is 12.0. The maximum Gasteiger partial charge on any atom is 0.317 e. The van der Waals surface area contributed by atoms with Gasteiger partial charge in [-0.1, -0.05) is 18.2 Å². The highest BCUT2D eigenvalue weighted by Gasteiger charge is 2.30. The lowest BCUT2D eigenvalue weighted by atomic mass is 9.93. The van der Waals surface area contributed by atoms with Gasteiger partial charge in [-0.05, 0) is 62.8 Å². The monoisotopic (exact) mass is 448 g/mol. The second kappa shape index (κ2) is 9.43. The van der Waals surface area contributed by atoms with Crippen molar-refractivity contribution in [1.82, 2.24) is 19.6 Å². The van der Waals surface area contributed by atoms with Crippen molar-refractivity contribution in [2.45, 2.75) is 56.6 Å². The number of aliphatic hydroxyl groups excluding tert-OH is 1. The Morgan fingerprint density at radius 3 is 2.79 bits per heavy atom. The first kappa shape index (κ1) is 21.8. The van der Waals surface area contributed by atoms with Gasteiger partial charge in [0.25, 0.3) is 0 Å². The molecule has 2 fully saturated rings. The Kier molecular flexibility index (Phi) is 6.22. The first-order chi connectivity index (χ1) is 16.1. The van der Waals surface area contributed by atoms with Crippen molar-refractivity contribution in [3.8, 4) is 17.0 Å². The number of amides is 2. The number of aromatic nitrogens is 2. The van der Waals surface area contributed by atoms with Crippen molar-refractivity contribution in [2.24, 2.45) is 0 Å². The summed E-state index contributed by atoms with van der Waals surface area (Å²) in [5.74, 6) is 1.98. The Bertz CT molecular complexity index is 1120. The van der Waals surface area contributed by atoms with Crippen LogP contribution in [-0.4, -0.2) is 57.8 Å². The van der Waals surface area contributed by atoms with Gasteiger partial charge in [0.05, 0.1) is 24.4 Å². The number of nitrogens with one attached hydrogen (secondary N) is 1. The summed E-state index contributed by atoms with van der Waals surface area (Å²) in [5.41, 5.74) is 3.02. The van der Waals surface area contributed by atoms with Crippen LogP contribution in [0, 0.1) is 0 Å². The molecule has 1 atom stereocenters. The SMILES string of the molecule is COc1cccc(-c2nc(C3CCCN(C(=O)NC4CCC(O)CC4)C3)n3ccccc23)c1. The van der Waals surface area contributed by atoms with Gasteiger partial charge in [-0.2, -0.15) is 0 Å². The van der Waals surface area contributed by atoms with E-state index in [1.807, 2.05) is 35.2 Å². The van der Waals surface area contributed by atoms with Crippen molar-refractivity contribution >= 4 is 11.5 Å². The Hall–Kier alpha value is -3.06.